The van der Waals surface area contributed by atoms with E-state index in [0.29, 0.717) is 12.8 Å². The largest absolute Gasteiger partial charge is 0.534 e. The number of nitro groups is 1. The zero-order chi connectivity index (χ0) is 24.9. The van der Waals surface area contributed by atoms with Crippen molar-refractivity contribution in [2.75, 3.05) is 18.4 Å². The highest BCUT2D eigenvalue weighted by molar-refractivity contribution is 7.88. The first-order valence-electron chi connectivity index (χ1n) is 9.33. The maximum absolute atomic E-state index is 12.6. The lowest BCUT2D eigenvalue weighted by atomic mass is 10.1. The van der Waals surface area contributed by atoms with E-state index in [1.54, 1.807) is 20.8 Å². The quantitative estimate of drug-likeness (QED) is 0.176. The predicted octanol–water partition coefficient (Wildman–Crippen LogP) is 3.55. The molecule has 0 unspecified atom stereocenters. The number of rotatable bonds is 9. The SMILES string of the molecule is Cc1nc(OS(=O)(=O)C(F)(F)F)c([N+](=O)[O-])c(NCCCCNC(=O)OC(C)(C)C)c1C. The lowest BCUT2D eigenvalue weighted by Crippen LogP contribution is -2.33. The van der Waals surface area contributed by atoms with Crippen LogP contribution < -0.4 is 14.8 Å². The average Bonchev–Trinajstić information content (AvgIpc) is 2.58. The summed E-state index contributed by atoms with van der Waals surface area (Å²) in [6.45, 7) is 8.28. The number of alkyl halides is 3. The molecule has 2 N–H and O–H groups in total. The predicted molar refractivity (Wildman–Crippen MR) is 108 cm³/mol. The Labute approximate surface area is 183 Å². The molecule has 0 aliphatic carbocycles. The van der Waals surface area contributed by atoms with Gasteiger partial charge in [-0.2, -0.15) is 21.6 Å². The number of hydrogen-bond donors (Lipinski definition) is 2. The number of unbranched alkanes of at least 4 members (excludes halogenated alkanes) is 1. The number of anilines is 1. The van der Waals surface area contributed by atoms with Crippen molar-refractivity contribution in [2.24, 2.45) is 0 Å². The molecule has 0 saturated heterocycles. The van der Waals surface area contributed by atoms with Crippen LogP contribution in [0.15, 0.2) is 0 Å². The van der Waals surface area contributed by atoms with Crippen molar-refractivity contribution in [3.63, 3.8) is 0 Å². The second-order valence-electron chi connectivity index (χ2n) is 7.65. The Morgan fingerprint density at radius 3 is 2.22 bits per heavy atom. The molecule has 0 aliphatic heterocycles. The molecule has 0 saturated carbocycles. The summed E-state index contributed by atoms with van der Waals surface area (Å²) in [6.07, 6.45) is 0.258. The van der Waals surface area contributed by atoms with Crippen LogP contribution in [0.1, 0.15) is 44.9 Å². The van der Waals surface area contributed by atoms with Gasteiger partial charge in [-0.05, 0) is 47.5 Å². The van der Waals surface area contributed by atoms with Gasteiger partial charge in [0.25, 0.3) is 0 Å². The van der Waals surface area contributed by atoms with Gasteiger partial charge in [0.1, 0.15) is 11.3 Å². The number of alkyl carbamates (subject to hydrolysis) is 1. The van der Waals surface area contributed by atoms with E-state index in [-0.39, 0.29) is 30.0 Å². The van der Waals surface area contributed by atoms with Crippen LogP contribution in [0.5, 0.6) is 5.88 Å². The van der Waals surface area contributed by atoms with E-state index < -0.39 is 43.8 Å². The van der Waals surface area contributed by atoms with E-state index in [2.05, 4.69) is 19.8 Å². The molecular weight excluding hydrogens is 461 g/mol. The Morgan fingerprint density at radius 1 is 1.16 bits per heavy atom. The van der Waals surface area contributed by atoms with Crippen LogP contribution in [-0.4, -0.2) is 48.6 Å². The second kappa shape index (κ2) is 10.2. The molecule has 0 bridgehead atoms. The van der Waals surface area contributed by atoms with Crippen molar-refractivity contribution < 1.29 is 40.2 Å². The zero-order valence-corrected chi connectivity index (χ0v) is 18.9. The minimum absolute atomic E-state index is 0.0390. The third kappa shape index (κ3) is 7.69. The molecule has 11 nitrogen and oxygen atoms in total. The molecule has 182 valence electrons. The Hall–Kier alpha value is -2.84. The molecule has 1 amide bonds. The van der Waals surface area contributed by atoms with Gasteiger partial charge in [0.15, 0.2) is 0 Å². The van der Waals surface area contributed by atoms with Gasteiger partial charge in [-0.1, -0.05) is 0 Å². The van der Waals surface area contributed by atoms with Crippen LogP contribution in [0.2, 0.25) is 0 Å². The fraction of sp³-hybridized carbons (Fsp3) is 0.647. The van der Waals surface area contributed by atoms with E-state index in [1.807, 2.05) is 0 Å². The van der Waals surface area contributed by atoms with Gasteiger partial charge in [0.05, 0.1) is 4.92 Å². The van der Waals surface area contributed by atoms with Crippen molar-refractivity contribution in [3.05, 3.63) is 21.4 Å². The van der Waals surface area contributed by atoms with Crippen molar-refractivity contribution in [1.29, 1.82) is 0 Å². The molecule has 1 rings (SSSR count). The van der Waals surface area contributed by atoms with Crippen molar-refractivity contribution in [2.45, 2.75) is 58.6 Å². The van der Waals surface area contributed by atoms with E-state index in [9.17, 15) is 36.5 Å². The molecule has 0 radical (unpaired) electrons. The van der Waals surface area contributed by atoms with Crippen molar-refractivity contribution >= 4 is 27.6 Å². The summed E-state index contributed by atoms with van der Waals surface area (Å²) in [5.41, 5.74) is -7.41. The first-order valence-corrected chi connectivity index (χ1v) is 10.7. The number of ether oxygens (including phenoxy) is 1. The number of nitrogens with one attached hydrogen (secondary N) is 2. The molecule has 0 fully saturated rings. The van der Waals surface area contributed by atoms with Gasteiger partial charge in [-0.25, -0.2) is 9.78 Å². The minimum atomic E-state index is -6.15. The van der Waals surface area contributed by atoms with Gasteiger partial charge in [0.2, 0.25) is 0 Å². The number of hydrogen-bond acceptors (Lipinski definition) is 9. The van der Waals surface area contributed by atoms with Crippen molar-refractivity contribution in [3.8, 4) is 5.88 Å². The standard InChI is InChI=1S/C17H25F3N4O7S/c1-10-11(2)23-14(31-32(28,29)17(18,19)20)13(24(26)27)12(10)21-8-6-7-9-22-15(25)30-16(3,4)5/h6-9H2,1-5H3,(H,21,23)(H,22,25). The summed E-state index contributed by atoms with van der Waals surface area (Å²) in [4.78, 5) is 25.5. The number of nitrogens with zero attached hydrogens (tertiary/aromatic N) is 2. The highest BCUT2D eigenvalue weighted by atomic mass is 32.2. The number of carbonyl (C=O) groups excluding carboxylic acids is 1. The maximum Gasteiger partial charge on any atom is 0.534 e. The molecule has 1 aromatic heterocycles. The summed E-state index contributed by atoms with van der Waals surface area (Å²) >= 11 is 0. The Balaban J connectivity index is 2.91. The average molecular weight is 486 g/mol. The fourth-order valence-electron chi connectivity index (χ4n) is 2.32. The van der Waals surface area contributed by atoms with Gasteiger partial charge in [0, 0.05) is 24.3 Å². The highest BCUT2D eigenvalue weighted by Gasteiger charge is 2.50. The first kappa shape index (κ1) is 27.2. The van der Waals surface area contributed by atoms with Crippen LogP contribution in [0.4, 0.5) is 29.3 Å². The van der Waals surface area contributed by atoms with Gasteiger partial charge in [-0.15, -0.1) is 0 Å². The summed E-state index contributed by atoms with van der Waals surface area (Å²) in [5.74, 6) is -1.29. The summed E-state index contributed by atoms with van der Waals surface area (Å²) < 4.78 is 69.5. The third-order valence-corrected chi connectivity index (χ3v) is 4.80. The molecule has 1 heterocycles. The molecule has 32 heavy (non-hydrogen) atoms. The summed E-state index contributed by atoms with van der Waals surface area (Å²) in [7, 11) is -6.15. The molecular formula is C17H25F3N4O7S. The first-order chi connectivity index (χ1) is 14.5. The van der Waals surface area contributed by atoms with Crippen molar-refractivity contribution in [1.82, 2.24) is 10.3 Å². The third-order valence-electron chi connectivity index (χ3n) is 3.85. The fourth-order valence-corrected chi connectivity index (χ4v) is 2.74. The normalized spacial score (nSPS) is 12.2. The maximum atomic E-state index is 12.6. The van der Waals surface area contributed by atoms with Crippen LogP contribution in [0, 0.1) is 24.0 Å². The summed E-state index contributed by atoms with van der Waals surface area (Å²) in [5, 5.41) is 16.7. The molecule has 0 aliphatic rings. The van der Waals surface area contributed by atoms with Crippen LogP contribution in [-0.2, 0) is 14.9 Å². The minimum Gasteiger partial charge on any atom is -0.444 e. The second-order valence-corrected chi connectivity index (χ2v) is 9.19. The van der Waals surface area contributed by atoms with Crippen LogP contribution >= 0.6 is 0 Å². The van der Waals surface area contributed by atoms with Gasteiger partial charge >= 0.3 is 33.3 Å². The highest BCUT2D eigenvalue weighted by Crippen LogP contribution is 2.39. The smallest absolute Gasteiger partial charge is 0.444 e. The van der Waals surface area contributed by atoms with Gasteiger partial charge < -0.3 is 19.6 Å². The molecule has 0 spiro atoms. The Morgan fingerprint density at radius 2 is 1.72 bits per heavy atom. The van der Waals surface area contributed by atoms with E-state index >= 15 is 0 Å². The lowest BCUT2D eigenvalue weighted by molar-refractivity contribution is -0.384. The Kier molecular flexibility index (Phi) is 8.66. The van der Waals surface area contributed by atoms with Crippen LogP contribution in [0.3, 0.4) is 0 Å². The number of amides is 1. The molecule has 1 aromatic rings. The topological polar surface area (TPSA) is 150 Å². The molecule has 0 aromatic carbocycles. The Bertz CT molecular complexity index is 960. The van der Waals surface area contributed by atoms with E-state index in [0.717, 1.165) is 0 Å². The number of aromatic nitrogens is 1. The number of carbonyl (C=O) groups is 1. The van der Waals surface area contributed by atoms with Crippen LogP contribution in [0.25, 0.3) is 0 Å². The van der Waals surface area contributed by atoms with Gasteiger partial charge in [-0.3, -0.25) is 10.1 Å². The van der Waals surface area contributed by atoms with E-state index in [4.69, 9.17) is 4.74 Å². The molecule has 15 heteroatoms. The molecule has 0 atom stereocenters. The summed E-state index contributed by atoms with van der Waals surface area (Å²) in [6, 6.07) is 0. The van der Waals surface area contributed by atoms with E-state index in [1.165, 1.54) is 13.8 Å². The number of pyridine rings is 1. The monoisotopic (exact) mass is 486 g/mol. The zero-order valence-electron chi connectivity index (χ0n) is 18.1. The number of halogens is 3. The lowest BCUT2D eigenvalue weighted by Gasteiger charge is -2.19. The number of aryl methyl sites for hydroxylation is 1.